The second-order valence-electron chi connectivity index (χ2n) is 9.96. The van der Waals surface area contributed by atoms with Gasteiger partial charge in [-0.2, -0.15) is 0 Å². The monoisotopic (exact) mass is 536 g/mol. The van der Waals surface area contributed by atoms with Crippen LogP contribution in [0.25, 0.3) is 33.4 Å². The molecule has 0 atom stereocenters. The van der Waals surface area contributed by atoms with E-state index in [1.807, 2.05) is 62.4 Å². The highest BCUT2D eigenvalue weighted by Gasteiger charge is 2.26. The van der Waals surface area contributed by atoms with Crippen LogP contribution in [0, 0.1) is 5.82 Å². The molecule has 0 saturated heterocycles. The SMILES string of the molecule is CNC(=O)c1c(-c2ccc(F)cc2)oc2ccc(-c3ccc(OC)c(C(=O)NC(C)(C)c4ccccc4)c3)cc12. The van der Waals surface area contributed by atoms with E-state index in [-0.39, 0.29) is 17.6 Å². The number of amides is 2. The summed E-state index contributed by atoms with van der Waals surface area (Å²) in [5.74, 6) is -0.187. The lowest BCUT2D eigenvalue weighted by Crippen LogP contribution is -2.41. The zero-order valence-corrected chi connectivity index (χ0v) is 22.7. The van der Waals surface area contributed by atoms with Crippen molar-refractivity contribution in [3.05, 3.63) is 114 Å². The number of benzene rings is 4. The van der Waals surface area contributed by atoms with Crippen LogP contribution >= 0.6 is 0 Å². The van der Waals surface area contributed by atoms with Gasteiger partial charge in [-0.15, -0.1) is 0 Å². The van der Waals surface area contributed by atoms with Gasteiger partial charge in [0.15, 0.2) is 0 Å². The number of hydrogen-bond donors (Lipinski definition) is 2. The Morgan fingerprint density at radius 2 is 1.48 bits per heavy atom. The van der Waals surface area contributed by atoms with Gasteiger partial charge in [-0.3, -0.25) is 9.59 Å². The van der Waals surface area contributed by atoms with Gasteiger partial charge < -0.3 is 19.8 Å². The molecule has 40 heavy (non-hydrogen) atoms. The summed E-state index contributed by atoms with van der Waals surface area (Å²) < 4.78 is 25.1. The highest BCUT2D eigenvalue weighted by Crippen LogP contribution is 2.37. The Labute approximate surface area is 231 Å². The maximum atomic E-state index is 13.5. The molecule has 0 aliphatic rings. The van der Waals surface area contributed by atoms with E-state index in [1.165, 1.54) is 19.2 Å². The van der Waals surface area contributed by atoms with Gasteiger partial charge in [-0.25, -0.2) is 4.39 Å². The minimum absolute atomic E-state index is 0.276. The Hall–Kier alpha value is -4.91. The van der Waals surface area contributed by atoms with E-state index in [0.29, 0.717) is 39.2 Å². The predicted octanol–water partition coefficient (Wildman–Crippen LogP) is 6.94. The van der Waals surface area contributed by atoms with Crippen LogP contribution in [-0.4, -0.2) is 26.0 Å². The van der Waals surface area contributed by atoms with Crippen molar-refractivity contribution in [2.75, 3.05) is 14.2 Å². The first-order valence-electron chi connectivity index (χ1n) is 12.8. The lowest BCUT2D eigenvalue weighted by molar-refractivity contribution is 0.0907. The largest absolute Gasteiger partial charge is 0.496 e. The van der Waals surface area contributed by atoms with Gasteiger partial charge in [0.25, 0.3) is 11.8 Å². The van der Waals surface area contributed by atoms with E-state index in [0.717, 1.165) is 16.7 Å². The van der Waals surface area contributed by atoms with Crippen molar-refractivity contribution >= 4 is 22.8 Å². The summed E-state index contributed by atoms with van der Waals surface area (Å²) in [6.45, 7) is 3.89. The van der Waals surface area contributed by atoms with Gasteiger partial charge in [0.2, 0.25) is 0 Å². The second-order valence-corrected chi connectivity index (χ2v) is 9.96. The van der Waals surface area contributed by atoms with E-state index in [9.17, 15) is 14.0 Å². The highest BCUT2D eigenvalue weighted by molar-refractivity contribution is 6.12. The fourth-order valence-corrected chi connectivity index (χ4v) is 4.78. The van der Waals surface area contributed by atoms with Crippen molar-refractivity contribution in [2.45, 2.75) is 19.4 Å². The van der Waals surface area contributed by atoms with Crippen LogP contribution < -0.4 is 15.4 Å². The summed E-state index contributed by atoms with van der Waals surface area (Å²) in [5, 5.41) is 6.39. The smallest absolute Gasteiger partial charge is 0.255 e. The van der Waals surface area contributed by atoms with Crippen molar-refractivity contribution in [1.29, 1.82) is 0 Å². The molecule has 6 nitrogen and oxygen atoms in total. The second kappa shape index (κ2) is 10.7. The number of fused-ring (bicyclic) bond motifs is 1. The van der Waals surface area contributed by atoms with E-state index in [1.54, 1.807) is 37.4 Å². The van der Waals surface area contributed by atoms with Crippen molar-refractivity contribution in [3.63, 3.8) is 0 Å². The third kappa shape index (κ3) is 5.06. The van der Waals surface area contributed by atoms with Crippen LogP contribution in [-0.2, 0) is 5.54 Å². The summed E-state index contributed by atoms with van der Waals surface area (Å²) in [4.78, 5) is 26.4. The third-order valence-electron chi connectivity index (χ3n) is 6.95. The van der Waals surface area contributed by atoms with Gasteiger partial charge in [-0.1, -0.05) is 42.5 Å². The molecule has 0 fully saturated rings. The van der Waals surface area contributed by atoms with Crippen molar-refractivity contribution < 1.29 is 23.1 Å². The molecule has 0 aliphatic carbocycles. The van der Waals surface area contributed by atoms with Crippen LogP contribution in [0.5, 0.6) is 5.75 Å². The Morgan fingerprint density at radius 3 is 2.15 bits per heavy atom. The van der Waals surface area contributed by atoms with Gasteiger partial charge in [0, 0.05) is 18.0 Å². The van der Waals surface area contributed by atoms with E-state index in [4.69, 9.17) is 9.15 Å². The van der Waals surface area contributed by atoms with Gasteiger partial charge in [0.05, 0.1) is 23.8 Å². The molecule has 7 heteroatoms. The molecule has 0 saturated carbocycles. The summed E-state index contributed by atoms with van der Waals surface area (Å²) in [7, 11) is 3.07. The van der Waals surface area contributed by atoms with Crippen LogP contribution in [0.15, 0.2) is 95.4 Å². The number of carbonyl (C=O) groups excluding carboxylic acids is 2. The zero-order valence-electron chi connectivity index (χ0n) is 22.7. The minimum atomic E-state index is -0.617. The zero-order chi connectivity index (χ0) is 28.4. The van der Waals surface area contributed by atoms with Gasteiger partial charge in [-0.05, 0) is 79.1 Å². The first-order chi connectivity index (χ1) is 19.2. The van der Waals surface area contributed by atoms with Crippen molar-refractivity contribution in [2.24, 2.45) is 0 Å². The lowest BCUT2D eigenvalue weighted by atomic mass is 9.93. The molecule has 0 unspecified atom stereocenters. The maximum absolute atomic E-state index is 13.5. The lowest BCUT2D eigenvalue weighted by Gasteiger charge is -2.27. The standard InChI is InChI=1S/C33H29FN2O4/c1-33(2,23-8-6-5-7-9-23)36-31(37)26-19-22(12-16-27(26)39-4)21-13-17-28-25(18-21)29(32(38)35-3)30(40-28)20-10-14-24(34)15-11-20/h5-19H,1-4H3,(H,35,38)(H,36,37). The van der Waals surface area contributed by atoms with Crippen LogP contribution in [0.3, 0.4) is 0 Å². The molecule has 5 aromatic rings. The Bertz CT molecular complexity index is 1710. The van der Waals surface area contributed by atoms with E-state index >= 15 is 0 Å². The molecule has 4 aromatic carbocycles. The minimum Gasteiger partial charge on any atom is -0.496 e. The quantitative estimate of drug-likeness (QED) is 0.236. The normalized spacial score (nSPS) is 11.3. The van der Waals surface area contributed by atoms with E-state index in [2.05, 4.69) is 10.6 Å². The molecular weight excluding hydrogens is 507 g/mol. The number of hydrogen-bond acceptors (Lipinski definition) is 4. The predicted molar refractivity (Wildman–Crippen MR) is 154 cm³/mol. The molecule has 0 aliphatic heterocycles. The van der Waals surface area contributed by atoms with Gasteiger partial charge in [0.1, 0.15) is 22.9 Å². The molecule has 0 bridgehead atoms. The molecule has 2 amide bonds. The first-order valence-corrected chi connectivity index (χ1v) is 12.8. The number of nitrogens with one attached hydrogen (secondary N) is 2. The molecule has 5 rings (SSSR count). The molecule has 202 valence electrons. The van der Waals surface area contributed by atoms with Crippen LogP contribution in [0.4, 0.5) is 4.39 Å². The molecule has 0 spiro atoms. The Kier molecular flexibility index (Phi) is 7.13. The Balaban J connectivity index is 1.56. The molecular formula is C33H29FN2O4. The average molecular weight is 537 g/mol. The number of ether oxygens (including phenoxy) is 1. The fraction of sp³-hybridized carbons (Fsp3) is 0.152. The van der Waals surface area contributed by atoms with Gasteiger partial charge >= 0.3 is 0 Å². The van der Waals surface area contributed by atoms with Crippen molar-refractivity contribution in [3.8, 4) is 28.2 Å². The molecule has 0 radical (unpaired) electrons. The van der Waals surface area contributed by atoms with Crippen LogP contribution in [0.2, 0.25) is 0 Å². The topological polar surface area (TPSA) is 80.6 Å². The number of carbonyl (C=O) groups is 2. The highest BCUT2D eigenvalue weighted by atomic mass is 19.1. The summed E-state index contributed by atoms with van der Waals surface area (Å²) in [5.41, 5.74) is 3.73. The van der Waals surface area contributed by atoms with Crippen LogP contribution in [0.1, 0.15) is 40.1 Å². The average Bonchev–Trinajstić information content (AvgIpc) is 3.36. The molecule has 1 aromatic heterocycles. The summed E-state index contributed by atoms with van der Waals surface area (Å²) in [6.07, 6.45) is 0. The maximum Gasteiger partial charge on any atom is 0.255 e. The fourth-order valence-electron chi connectivity index (χ4n) is 4.78. The molecule has 2 N–H and O–H groups in total. The van der Waals surface area contributed by atoms with Crippen molar-refractivity contribution in [1.82, 2.24) is 10.6 Å². The number of methoxy groups -OCH3 is 1. The number of rotatable bonds is 7. The summed E-state index contributed by atoms with van der Waals surface area (Å²) in [6, 6.07) is 26.4. The number of halogens is 1. The third-order valence-corrected chi connectivity index (χ3v) is 6.95. The van der Waals surface area contributed by atoms with E-state index < -0.39 is 5.54 Å². The Morgan fingerprint density at radius 1 is 0.825 bits per heavy atom. The number of furan rings is 1. The summed E-state index contributed by atoms with van der Waals surface area (Å²) >= 11 is 0. The molecule has 1 heterocycles. The first kappa shape index (κ1) is 26.7.